The second kappa shape index (κ2) is 5.80. The van der Waals surface area contributed by atoms with Gasteiger partial charge in [0, 0.05) is 12.5 Å². The largest absolute Gasteiger partial charge is 0.226 e. The average Bonchev–Trinajstić information content (AvgIpc) is 2.70. The Labute approximate surface area is 112 Å². The first kappa shape index (κ1) is 12.1. The Balaban J connectivity index is 2.20. The molecule has 0 saturated heterocycles. The molecule has 2 rings (SSSR count). The highest BCUT2D eigenvalue weighted by molar-refractivity contribution is 9.10. The quantitative estimate of drug-likeness (QED) is 0.782. The van der Waals surface area contributed by atoms with Crippen LogP contribution < -0.4 is 0 Å². The lowest BCUT2D eigenvalue weighted by Gasteiger charge is -2.02. The second-order valence-corrected chi connectivity index (χ2v) is 6.31. The number of hydrogen-bond donors (Lipinski definition) is 0. The third-order valence-corrected chi connectivity index (χ3v) is 4.25. The van der Waals surface area contributed by atoms with E-state index in [9.17, 15) is 0 Å². The molecule has 0 spiro atoms. The van der Waals surface area contributed by atoms with E-state index in [2.05, 4.69) is 50.3 Å². The van der Waals surface area contributed by atoms with Crippen LogP contribution in [0.2, 0.25) is 0 Å². The molecule has 2 nitrogen and oxygen atoms in total. The standard InChI is InChI=1S/C11H11BrN2S2/c1-2-4-9-13-8(12)7-10(14-9)16-11-5-3-6-15-11/h3,5-7H,2,4H2,1H3. The van der Waals surface area contributed by atoms with Gasteiger partial charge < -0.3 is 0 Å². The van der Waals surface area contributed by atoms with Crippen molar-refractivity contribution in [3.8, 4) is 0 Å². The highest BCUT2D eigenvalue weighted by Crippen LogP contribution is 2.30. The van der Waals surface area contributed by atoms with Crippen molar-refractivity contribution in [3.05, 3.63) is 34.0 Å². The highest BCUT2D eigenvalue weighted by Gasteiger charge is 2.04. The van der Waals surface area contributed by atoms with Crippen molar-refractivity contribution in [1.82, 2.24) is 9.97 Å². The fraction of sp³-hybridized carbons (Fsp3) is 0.273. The van der Waals surface area contributed by atoms with Gasteiger partial charge in [0.15, 0.2) is 0 Å². The van der Waals surface area contributed by atoms with E-state index in [1.165, 1.54) is 4.21 Å². The fourth-order valence-corrected chi connectivity index (χ4v) is 3.57. The number of aromatic nitrogens is 2. The summed E-state index contributed by atoms with van der Waals surface area (Å²) in [5, 5.41) is 3.08. The Hall–Kier alpha value is -0.390. The fourth-order valence-electron chi connectivity index (χ4n) is 1.25. The average molecular weight is 315 g/mol. The second-order valence-electron chi connectivity index (χ2n) is 3.23. The predicted molar refractivity (Wildman–Crippen MR) is 72.2 cm³/mol. The first-order valence-corrected chi connectivity index (χ1v) is 7.51. The van der Waals surface area contributed by atoms with Gasteiger partial charge in [0.05, 0.1) is 4.21 Å². The Morgan fingerprint density at radius 2 is 2.31 bits per heavy atom. The molecule has 84 valence electrons. The van der Waals surface area contributed by atoms with Crippen molar-refractivity contribution in [2.45, 2.75) is 29.0 Å². The summed E-state index contributed by atoms with van der Waals surface area (Å²) >= 11 is 6.84. The van der Waals surface area contributed by atoms with Gasteiger partial charge >= 0.3 is 0 Å². The van der Waals surface area contributed by atoms with Gasteiger partial charge in [0.1, 0.15) is 15.5 Å². The van der Waals surface area contributed by atoms with Crippen LogP contribution in [-0.2, 0) is 6.42 Å². The molecule has 0 aliphatic rings. The minimum Gasteiger partial charge on any atom is -0.226 e. The first-order valence-electron chi connectivity index (χ1n) is 5.02. The van der Waals surface area contributed by atoms with Gasteiger partial charge in [0.25, 0.3) is 0 Å². The van der Waals surface area contributed by atoms with Crippen LogP contribution in [0.3, 0.4) is 0 Å². The van der Waals surface area contributed by atoms with E-state index in [4.69, 9.17) is 0 Å². The van der Waals surface area contributed by atoms with E-state index in [1.807, 2.05) is 6.07 Å². The van der Waals surface area contributed by atoms with Crippen LogP contribution in [0.5, 0.6) is 0 Å². The molecule has 5 heteroatoms. The number of nitrogens with zero attached hydrogens (tertiary/aromatic N) is 2. The predicted octanol–water partition coefficient (Wildman–Crippen LogP) is 4.40. The number of thiophene rings is 1. The van der Waals surface area contributed by atoms with E-state index in [1.54, 1.807) is 23.1 Å². The maximum atomic E-state index is 4.53. The maximum absolute atomic E-state index is 4.53. The molecule has 0 bridgehead atoms. The van der Waals surface area contributed by atoms with E-state index in [0.717, 1.165) is 28.3 Å². The van der Waals surface area contributed by atoms with Gasteiger partial charge in [-0.3, -0.25) is 0 Å². The number of halogens is 1. The summed E-state index contributed by atoms with van der Waals surface area (Å²) < 4.78 is 2.12. The zero-order chi connectivity index (χ0) is 11.4. The van der Waals surface area contributed by atoms with Gasteiger partial charge in [-0.15, -0.1) is 11.3 Å². The molecule has 2 heterocycles. The van der Waals surface area contributed by atoms with Crippen molar-refractivity contribution < 1.29 is 0 Å². The smallest absolute Gasteiger partial charge is 0.130 e. The molecule has 2 aromatic rings. The summed E-state index contributed by atoms with van der Waals surface area (Å²) in [6, 6.07) is 6.12. The van der Waals surface area contributed by atoms with Crippen molar-refractivity contribution in [3.63, 3.8) is 0 Å². The Kier molecular flexibility index (Phi) is 4.37. The summed E-state index contributed by atoms with van der Waals surface area (Å²) in [6.07, 6.45) is 2.00. The zero-order valence-electron chi connectivity index (χ0n) is 8.81. The maximum Gasteiger partial charge on any atom is 0.130 e. The molecular weight excluding hydrogens is 304 g/mol. The summed E-state index contributed by atoms with van der Waals surface area (Å²) in [4.78, 5) is 8.88. The lowest BCUT2D eigenvalue weighted by Crippen LogP contribution is -1.95. The lowest BCUT2D eigenvalue weighted by molar-refractivity contribution is 0.803. The van der Waals surface area contributed by atoms with Gasteiger partial charge in [-0.25, -0.2) is 9.97 Å². The molecular formula is C11H11BrN2S2. The Bertz CT molecular complexity index is 457. The minimum absolute atomic E-state index is 0.866. The van der Waals surface area contributed by atoms with E-state index < -0.39 is 0 Å². The normalized spacial score (nSPS) is 10.6. The molecule has 0 radical (unpaired) electrons. The molecule has 0 saturated carbocycles. The highest BCUT2D eigenvalue weighted by atomic mass is 79.9. The van der Waals surface area contributed by atoms with E-state index >= 15 is 0 Å². The third kappa shape index (κ3) is 3.30. The zero-order valence-corrected chi connectivity index (χ0v) is 12.0. The van der Waals surface area contributed by atoms with Gasteiger partial charge in [-0.05, 0) is 33.8 Å². The minimum atomic E-state index is 0.866. The van der Waals surface area contributed by atoms with Crippen LogP contribution >= 0.6 is 39.0 Å². The lowest BCUT2D eigenvalue weighted by atomic mass is 10.3. The van der Waals surface area contributed by atoms with Crippen molar-refractivity contribution in [1.29, 1.82) is 0 Å². The van der Waals surface area contributed by atoms with Crippen LogP contribution in [0.4, 0.5) is 0 Å². The van der Waals surface area contributed by atoms with Crippen LogP contribution in [0.1, 0.15) is 19.2 Å². The number of aryl methyl sites for hydroxylation is 1. The monoisotopic (exact) mass is 314 g/mol. The van der Waals surface area contributed by atoms with Crippen LogP contribution in [0.15, 0.2) is 37.4 Å². The van der Waals surface area contributed by atoms with E-state index in [0.29, 0.717) is 0 Å². The Morgan fingerprint density at radius 3 is 3.00 bits per heavy atom. The molecule has 0 aliphatic carbocycles. The summed E-state index contributed by atoms with van der Waals surface area (Å²) in [5.74, 6) is 0.913. The Morgan fingerprint density at radius 1 is 1.44 bits per heavy atom. The summed E-state index contributed by atoms with van der Waals surface area (Å²) in [6.45, 7) is 2.14. The number of hydrogen-bond acceptors (Lipinski definition) is 4. The molecule has 0 fully saturated rings. The summed E-state index contributed by atoms with van der Waals surface area (Å²) in [7, 11) is 0. The molecule has 0 aromatic carbocycles. The van der Waals surface area contributed by atoms with Crippen molar-refractivity contribution >= 4 is 39.0 Å². The van der Waals surface area contributed by atoms with Gasteiger partial charge in [-0.1, -0.05) is 24.8 Å². The molecule has 0 atom stereocenters. The molecule has 2 aromatic heterocycles. The van der Waals surface area contributed by atoms with Crippen molar-refractivity contribution in [2.75, 3.05) is 0 Å². The molecule has 0 aliphatic heterocycles. The molecule has 0 amide bonds. The van der Waals surface area contributed by atoms with Gasteiger partial charge in [-0.2, -0.15) is 0 Å². The molecule has 0 unspecified atom stereocenters. The van der Waals surface area contributed by atoms with Crippen LogP contribution in [-0.4, -0.2) is 9.97 Å². The molecule has 0 N–H and O–H groups in total. The van der Waals surface area contributed by atoms with Gasteiger partial charge in [0.2, 0.25) is 0 Å². The van der Waals surface area contributed by atoms with Crippen LogP contribution in [0.25, 0.3) is 0 Å². The molecule has 16 heavy (non-hydrogen) atoms. The SMILES string of the molecule is CCCc1nc(Br)cc(Sc2cccs2)n1. The van der Waals surface area contributed by atoms with E-state index in [-0.39, 0.29) is 0 Å². The summed E-state index contributed by atoms with van der Waals surface area (Å²) in [5.41, 5.74) is 0. The number of rotatable bonds is 4. The topological polar surface area (TPSA) is 25.8 Å². The third-order valence-electron chi connectivity index (χ3n) is 1.89. The first-order chi connectivity index (χ1) is 7.78. The van der Waals surface area contributed by atoms with Crippen LogP contribution in [0, 0.1) is 0 Å². The van der Waals surface area contributed by atoms with Crippen molar-refractivity contribution in [2.24, 2.45) is 0 Å².